The van der Waals surface area contributed by atoms with E-state index in [0.717, 1.165) is 50.2 Å². The monoisotopic (exact) mass is 416 g/mol. The van der Waals surface area contributed by atoms with Crippen molar-refractivity contribution < 1.29 is 4.79 Å². The number of rotatable bonds is 5. The van der Waals surface area contributed by atoms with E-state index in [2.05, 4.69) is 17.3 Å². The van der Waals surface area contributed by atoms with Crippen molar-refractivity contribution in [1.82, 2.24) is 19.8 Å². The predicted molar refractivity (Wildman–Crippen MR) is 118 cm³/mol. The maximum Gasteiger partial charge on any atom is 0.262 e. The number of carbonyl (C=O) groups excluding carboxylic acids is 1. The molecule has 0 radical (unpaired) electrons. The summed E-state index contributed by atoms with van der Waals surface area (Å²) in [4.78, 5) is 34.4. The Morgan fingerprint density at radius 2 is 1.97 bits per heavy atom. The molecule has 2 aromatic heterocycles. The third-order valence-corrected chi connectivity index (χ3v) is 7.75. The number of hydrogen-bond acceptors (Lipinski definition) is 5. The van der Waals surface area contributed by atoms with Gasteiger partial charge in [-0.3, -0.25) is 14.2 Å². The molecule has 1 N–H and O–H groups in total. The maximum absolute atomic E-state index is 13.1. The molecule has 0 unspecified atom stereocenters. The van der Waals surface area contributed by atoms with E-state index in [4.69, 9.17) is 4.98 Å². The summed E-state index contributed by atoms with van der Waals surface area (Å²) in [7, 11) is 2.16. The van der Waals surface area contributed by atoms with E-state index in [0.29, 0.717) is 27.7 Å². The second kappa shape index (κ2) is 8.96. The molecule has 2 aliphatic rings. The van der Waals surface area contributed by atoms with E-state index in [1.807, 2.05) is 11.5 Å². The number of hydrogen-bond donors (Lipinski definition) is 1. The average molecular weight is 417 g/mol. The van der Waals surface area contributed by atoms with Crippen molar-refractivity contribution in [2.24, 2.45) is 0 Å². The fourth-order valence-electron chi connectivity index (χ4n) is 4.76. The summed E-state index contributed by atoms with van der Waals surface area (Å²) >= 11 is 1.36. The highest BCUT2D eigenvalue weighted by Crippen LogP contribution is 2.28. The number of nitrogens with zero attached hydrogens (tertiary/aromatic N) is 3. The van der Waals surface area contributed by atoms with Crippen LogP contribution in [0.2, 0.25) is 0 Å². The van der Waals surface area contributed by atoms with Gasteiger partial charge >= 0.3 is 0 Å². The van der Waals surface area contributed by atoms with E-state index >= 15 is 0 Å². The lowest BCUT2D eigenvalue weighted by Crippen LogP contribution is -2.39. The SMILES string of the molecule is Cc1c(C(=O)NCCN(C)C2CCCCC2)sc2nc3n(c(=O)c12)CCCCC3. The van der Waals surface area contributed by atoms with Crippen molar-refractivity contribution in [3.05, 3.63) is 26.6 Å². The first-order valence-corrected chi connectivity index (χ1v) is 11.9. The molecule has 2 aromatic rings. The minimum atomic E-state index is -0.0814. The van der Waals surface area contributed by atoms with Crippen LogP contribution >= 0.6 is 11.3 Å². The zero-order chi connectivity index (χ0) is 20.4. The zero-order valence-corrected chi connectivity index (χ0v) is 18.4. The molecule has 0 spiro atoms. The van der Waals surface area contributed by atoms with E-state index in [1.54, 1.807) is 0 Å². The summed E-state index contributed by atoms with van der Waals surface area (Å²) in [6, 6.07) is 0.645. The first kappa shape index (κ1) is 20.5. The van der Waals surface area contributed by atoms with Crippen molar-refractivity contribution >= 4 is 27.5 Å². The van der Waals surface area contributed by atoms with Crippen molar-refractivity contribution in [3.63, 3.8) is 0 Å². The van der Waals surface area contributed by atoms with Crippen molar-refractivity contribution in [2.45, 2.75) is 77.3 Å². The van der Waals surface area contributed by atoms with Gasteiger partial charge in [0.15, 0.2) is 0 Å². The third-order valence-electron chi connectivity index (χ3n) is 6.57. The highest BCUT2D eigenvalue weighted by molar-refractivity contribution is 7.20. The lowest BCUT2D eigenvalue weighted by Gasteiger charge is -2.31. The van der Waals surface area contributed by atoms with Gasteiger partial charge in [0.05, 0.1) is 10.3 Å². The van der Waals surface area contributed by atoms with Gasteiger partial charge < -0.3 is 10.2 Å². The fourth-order valence-corrected chi connectivity index (χ4v) is 5.86. The lowest BCUT2D eigenvalue weighted by atomic mass is 9.94. The van der Waals surface area contributed by atoms with Gasteiger partial charge in [-0.25, -0.2) is 4.98 Å². The number of carbonyl (C=O) groups is 1. The number of fused-ring (bicyclic) bond motifs is 2. The van der Waals surface area contributed by atoms with E-state index in [-0.39, 0.29) is 11.5 Å². The molecule has 1 aliphatic carbocycles. The molecule has 0 saturated heterocycles. The van der Waals surface area contributed by atoms with Gasteiger partial charge in [-0.2, -0.15) is 0 Å². The van der Waals surface area contributed by atoms with Crippen LogP contribution in [-0.4, -0.2) is 46.5 Å². The van der Waals surface area contributed by atoms with Crippen LogP contribution in [0.15, 0.2) is 4.79 Å². The molecular weight excluding hydrogens is 384 g/mol. The zero-order valence-electron chi connectivity index (χ0n) is 17.6. The van der Waals surface area contributed by atoms with Gasteiger partial charge in [0.2, 0.25) is 0 Å². The third kappa shape index (κ3) is 4.26. The fraction of sp³-hybridized carbons (Fsp3) is 0.682. The number of aromatic nitrogens is 2. The molecular formula is C22H32N4O2S. The largest absolute Gasteiger partial charge is 0.350 e. The van der Waals surface area contributed by atoms with Crippen molar-refractivity contribution in [1.29, 1.82) is 0 Å². The number of amides is 1. The van der Waals surface area contributed by atoms with E-state index in [1.165, 1.54) is 43.4 Å². The van der Waals surface area contributed by atoms with Gasteiger partial charge in [0, 0.05) is 32.1 Å². The van der Waals surface area contributed by atoms with Gasteiger partial charge in [0.25, 0.3) is 11.5 Å². The summed E-state index contributed by atoms with van der Waals surface area (Å²) < 4.78 is 1.83. The summed E-state index contributed by atoms with van der Waals surface area (Å²) in [6.07, 6.45) is 10.6. The van der Waals surface area contributed by atoms with Gasteiger partial charge in [-0.1, -0.05) is 25.7 Å². The Morgan fingerprint density at radius 3 is 2.76 bits per heavy atom. The van der Waals surface area contributed by atoms with Crippen molar-refractivity contribution in [3.8, 4) is 0 Å². The van der Waals surface area contributed by atoms with Gasteiger partial charge in [-0.05, 0) is 45.2 Å². The maximum atomic E-state index is 13.1. The second-order valence-electron chi connectivity index (χ2n) is 8.56. The topological polar surface area (TPSA) is 67.2 Å². The Morgan fingerprint density at radius 1 is 1.21 bits per heavy atom. The molecule has 1 aliphatic heterocycles. The summed E-state index contributed by atoms with van der Waals surface area (Å²) in [5, 5.41) is 3.69. The normalized spacial score (nSPS) is 18.0. The minimum Gasteiger partial charge on any atom is -0.350 e. The molecule has 4 rings (SSSR count). The van der Waals surface area contributed by atoms with Crippen LogP contribution in [0.3, 0.4) is 0 Å². The van der Waals surface area contributed by atoms with E-state index in [9.17, 15) is 9.59 Å². The van der Waals surface area contributed by atoms with Crippen LogP contribution in [-0.2, 0) is 13.0 Å². The molecule has 7 heteroatoms. The lowest BCUT2D eigenvalue weighted by molar-refractivity contribution is 0.0948. The smallest absolute Gasteiger partial charge is 0.262 e. The van der Waals surface area contributed by atoms with Crippen LogP contribution < -0.4 is 10.9 Å². The molecule has 1 amide bonds. The molecule has 0 bridgehead atoms. The van der Waals surface area contributed by atoms with Gasteiger partial charge in [0.1, 0.15) is 10.7 Å². The van der Waals surface area contributed by atoms with E-state index < -0.39 is 0 Å². The summed E-state index contributed by atoms with van der Waals surface area (Å²) in [5.41, 5.74) is 0.803. The number of thiophene rings is 1. The molecule has 3 heterocycles. The standard InChI is InChI=1S/C22H32N4O2S/c1-15-18-21(24-17-11-7-4-8-13-26(17)22(18)28)29-19(15)20(27)23-12-14-25(2)16-9-5-3-6-10-16/h16H,3-14H2,1-2H3,(H,23,27). The molecule has 29 heavy (non-hydrogen) atoms. The van der Waals surface area contributed by atoms with Crippen LogP contribution in [0, 0.1) is 6.92 Å². The highest BCUT2D eigenvalue weighted by atomic mass is 32.1. The van der Waals surface area contributed by atoms with Crippen LogP contribution in [0.4, 0.5) is 0 Å². The Labute approximate surface area is 176 Å². The number of nitrogens with one attached hydrogen (secondary N) is 1. The summed E-state index contributed by atoms with van der Waals surface area (Å²) in [6.45, 7) is 4.11. The highest BCUT2D eigenvalue weighted by Gasteiger charge is 2.22. The number of likely N-dealkylation sites (N-methyl/N-ethyl adjacent to an activating group) is 1. The first-order valence-electron chi connectivity index (χ1n) is 11.1. The molecule has 6 nitrogen and oxygen atoms in total. The molecule has 1 fully saturated rings. The Bertz CT molecular complexity index is 942. The van der Waals surface area contributed by atoms with Crippen LogP contribution in [0.5, 0.6) is 0 Å². The predicted octanol–water partition coefficient (Wildman–Crippen LogP) is 3.49. The first-order chi connectivity index (χ1) is 14.1. The number of aryl methyl sites for hydroxylation is 2. The van der Waals surface area contributed by atoms with Crippen LogP contribution in [0.1, 0.15) is 72.4 Å². The Kier molecular flexibility index (Phi) is 6.35. The molecule has 158 valence electrons. The van der Waals surface area contributed by atoms with Gasteiger partial charge in [-0.15, -0.1) is 11.3 Å². The molecule has 0 atom stereocenters. The Balaban J connectivity index is 1.47. The second-order valence-corrected chi connectivity index (χ2v) is 9.56. The molecule has 0 aromatic carbocycles. The quantitative estimate of drug-likeness (QED) is 0.810. The van der Waals surface area contributed by atoms with Crippen molar-refractivity contribution in [2.75, 3.05) is 20.1 Å². The minimum absolute atomic E-state index is 0.0248. The summed E-state index contributed by atoms with van der Waals surface area (Å²) in [5.74, 6) is 0.796. The molecule has 1 saturated carbocycles. The Hall–Kier alpha value is -1.73. The van der Waals surface area contributed by atoms with Crippen LogP contribution in [0.25, 0.3) is 10.2 Å². The average Bonchev–Trinajstić information content (AvgIpc) is 2.89.